The van der Waals surface area contributed by atoms with Gasteiger partial charge in [-0.1, -0.05) is 17.3 Å². The average molecular weight is 423 g/mol. The number of benzene rings is 1. The van der Waals surface area contributed by atoms with Gasteiger partial charge < -0.3 is 14.5 Å². The quantitative estimate of drug-likeness (QED) is 0.632. The predicted octanol–water partition coefficient (Wildman–Crippen LogP) is 3.30. The van der Waals surface area contributed by atoms with Crippen molar-refractivity contribution in [1.29, 1.82) is 0 Å². The van der Waals surface area contributed by atoms with E-state index in [4.69, 9.17) is 4.52 Å². The van der Waals surface area contributed by atoms with Gasteiger partial charge in [0.25, 0.3) is 5.91 Å². The Bertz CT molecular complexity index is 1160. The summed E-state index contributed by atoms with van der Waals surface area (Å²) in [6, 6.07) is 4.82. The molecule has 1 aromatic carbocycles. The van der Waals surface area contributed by atoms with E-state index in [1.165, 1.54) is 11.1 Å². The highest BCUT2D eigenvalue weighted by atomic mass is 16.5. The predicted molar refractivity (Wildman–Crippen MR) is 113 cm³/mol. The van der Waals surface area contributed by atoms with Crippen LogP contribution in [0.1, 0.15) is 42.0 Å². The molecular weight excluding hydrogens is 398 g/mol. The first-order chi connectivity index (χ1) is 14.6. The van der Waals surface area contributed by atoms with Gasteiger partial charge in [0, 0.05) is 18.3 Å². The van der Waals surface area contributed by atoms with Gasteiger partial charge in [-0.3, -0.25) is 9.48 Å². The molecule has 0 atom stereocenters. The summed E-state index contributed by atoms with van der Waals surface area (Å²) < 4.78 is 6.84. The monoisotopic (exact) mass is 423 g/mol. The van der Waals surface area contributed by atoms with Gasteiger partial charge in [0.1, 0.15) is 17.0 Å². The van der Waals surface area contributed by atoms with Gasteiger partial charge in [-0.2, -0.15) is 5.10 Å². The first-order valence-corrected chi connectivity index (χ1v) is 9.98. The summed E-state index contributed by atoms with van der Waals surface area (Å²) in [6.07, 6.45) is 3.17. The van der Waals surface area contributed by atoms with Crippen LogP contribution in [-0.4, -0.2) is 42.4 Å². The number of nitrogens with zero attached hydrogens (tertiary/aromatic N) is 5. The number of aryl methyl sites for hydroxylation is 3. The SMILES string of the molecule is Cc1ccc(CN2C(=O)N(c3cnn(Cc4c(C)noc4C)c3)C(=O)C2(C)C)cc1O. The molecule has 0 unspecified atom stereocenters. The van der Waals surface area contributed by atoms with Gasteiger partial charge in [0.15, 0.2) is 0 Å². The van der Waals surface area contributed by atoms with Crippen molar-refractivity contribution in [2.24, 2.45) is 0 Å². The second kappa shape index (κ2) is 7.26. The summed E-state index contributed by atoms with van der Waals surface area (Å²) in [4.78, 5) is 29.0. The lowest BCUT2D eigenvalue weighted by Crippen LogP contribution is -2.43. The van der Waals surface area contributed by atoms with Crippen LogP contribution < -0.4 is 4.90 Å². The van der Waals surface area contributed by atoms with E-state index in [1.807, 2.05) is 19.9 Å². The van der Waals surface area contributed by atoms with Crippen molar-refractivity contribution < 1.29 is 19.2 Å². The number of carbonyl (C=O) groups excluding carboxylic acids is 2. The average Bonchev–Trinajstić information content (AvgIpc) is 3.34. The molecule has 0 radical (unpaired) electrons. The molecule has 3 aromatic rings. The number of urea groups is 1. The molecule has 0 saturated carbocycles. The topological polar surface area (TPSA) is 105 Å². The largest absolute Gasteiger partial charge is 0.508 e. The van der Waals surface area contributed by atoms with E-state index in [0.29, 0.717) is 18.0 Å². The third-order valence-corrected chi connectivity index (χ3v) is 5.82. The number of hydrogen-bond acceptors (Lipinski definition) is 6. The van der Waals surface area contributed by atoms with E-state index >= 15 is 0 Å². The minimum Gasteiger partial charge on any atom is -0.508 e. The number of imide groups is 1. The number of aromatic hydroxyl groups is 1. The fourth-order valence-electron chi connectivity index (χ4n) is 3.71. The molecule has 1 aliphatic rings. The van der Waals surface area contributed by atoms with E-state index in [1.54, 1.807) is 43.8 Å². The zero-order valence-electron chi connectivity index (χ0n) is 18.2. The number of amides is 3. The van der Waals surface area contributed by atoms with Gasteiger partial charge in [-0.15, -0.1) is 0 Å². The normalized spacial score (nSPS) is 15.9. The van der Waals surface area contributed by atoms with Crippen molar-refractivity contribution in [2.75, 3.05) is 4.90 Å². The summed E-state index contributed by atoms with van der Waals surface area (Å²) in [5, 5.41) is 18.3. The molecular formula is C22H25N5O4. The Morgan fingerprint density at radius 1 is 1.13 bits per heavy atom. The number of phenols is 1. The summed E-state index contributed by atoms with van der Waals surface area (Å²) in [6.45, 7) is 9.55. The Kier molecular flexibility index (Phi) is 4.83. The van der Waals surface area contributed by atoms with Crippen LogP contribution in [-0.2, 0) is 17.9 Å². The van der Waals surface area contributed by atoms with E-state index in [-0.39, 0.29) is 18.2 Å². The Balaban J connectivity index is 1.59. The zero-order valence-corrected chi connectivity index (χ0v) is 18.2. The standard InChI is InChI=1S/C22H25N5O4/c1-13-6-7-16(8-19(13)28)10-26-21(30)27(20(29)22(26,4)5)17-9-23-25(11-17)12-18-14(2)24-31-15(18)3/h6-9,11,28H,10,12H2,1-5H3. The highest BCUT2D eigenvalue weighted by Crippen LogP contribution is 2.33. The summed E-state index contributed by atoms with van der Waals surface area (Å²) in [7, 11) is 0. The van der Waals surface area contributed by atoms with Crippen LogP contribution in [0.25, 0.3) is 0 Å². The van der Waals surface area contributed by atoms with Gasteiger partial charge in [-0.05, 0) is 51.8 Å². The molecule has 1 N–H and O–H groups in total. The molecule has 3 amide bonds. The molecule has 1 saturated heterocycles. The fraction of sp³-hybridized carbons (Fsp3) is 0.364. The van der Waals surface area contributed by atoms with Crippen LogP contribution in [0.5, 0.6) is 5.75 Å². The maximum absolute atomic E-state index is 13.2. The Morgan fingerprint density at radius 2 is 1.87 bits per heavy atom. The first-order valence-electron chi connectivity index (χ1n) is 9.98. The summed E-state index contributed by atoms with van der Waals surface area (Å²) in [5.74, 6) is 0.535. The third-order valence-electron chi connectivity index (χ3n) is 5.82. The van der Waals surface area contributed by atoms with Crippen molar-refractivity contribution in [3.8, 4) is 5.75 Å². The van der Waals surface area contributed by atoms with Crippen LogP contribution >= 0.6 is 0 Å². The van der Waals surface area contributed by atoms with Crippen LogP contribution in [0, 0.1) is 20.8 Å². The molecule has 9 nitrogen and oxygen atoms in total. The highest BCUT2D eigenvalue weighted by molar-refractivity contribution is 6.22. The molecule has 4 rings (SSSR count). The molecule has 31 heavy (non-hydrogen) atoms. The van der Waals surface area contributed by atoms with Gasteiger partial charge in [0.2, 0.25) is 0 Å². The minimum absolute atomic E-state index is 0.158. The van der Waals surface area contributed by atoms with Crippen molar-refractivity contribution in [3.05, 3.63) is 58.7 Å². The van der Waals surface area contributed by atoms with E-state index < -0.39 is 11.6 Å². The van der Waals surface area contributed by atoms with Crippen LogP contribution in [0.2, 0.25) is 0 Å². The molecule has 1 fully saturated rings. The van der Waals surface area contributed by atoms with Crippen molar-refractivity contribution >= 4 is 17.6 Å². The molecule has 0 aliphatic carbocycles. The van der Waals surface area contributed by atoms with Crippen molar-refractivity contribution in [1.82, 2.24) is 19.8 Å². The fourth-order valence-corrected chi connectivity index (χ4v) is 3.71. The third kappa shape index (κ3) is 3.45. The first kappa shape index (κ1) is 20.6. The van der Waals surface area contributed by atoms with Crippen molar-refractivity contribution in [3.63, 3.8) is 0 Å². The smallest absolute Gasteiger partial charge is 0.332 e. The summed E-state index contributed by atoms with van der Waals surface area (Å²) >= 11 is 0. The van der Waals surface area contributed by atoms with Gasteiger partial charge >= 0.3 is 6.03 Å². The highest BCUT2D eigenvalue weighted by Gasteiger charge is 2.52. The molecule has 0 spiro atoms. The Hall–Kier alpha value is -3.62. The van der Waals surface area contributed by atoms with E-state index in [0.717, 1.165) is 27.3 Å². The molecule has 2 aromatic heterocycles. The molecule has 0 bridgehead atoms. The lowest BCUT2D eigenvalue weighted by atomic mass is 10.0. The van der Waals surface area contributed by atoms with Gasteiger partial charge in [-0.25, -0.2) is 9.69 Å². The maximum Gasteiger partial charge on any atom is 0.332 e. The van der Waals surface area contributed by atoms with E-state index in [9.17, 15) is 14.7 Å². The van der Waals surface area contributed by atoms with Crippen LogP contribution in [0.4, 0.5) is 10.5 Å². The molecule has 9 heteroatoms. The molecule has 3 heterocycles. The Labute approximate surface area is 179 Å². The minimum atomic E-state index is -1.04. The maximum atomic E-state index is 13.2. The van der Waals surface area contributed by atoms with Gasteiger partial charge in [0.05, 0.1) is 24.1 Å². The number of phenolic OH excluding ortho intramolecular Hbond substituents is 1. The second-order valence-corrected chi connectivity index (χ2v) is 8.39. The van der Waals surface area contributed by atoms with Crippen LogP contribution in [0.15, 0.2) is 35.1 Å². The molecule has 162 valence electrons. The number of carbonyl (C=O) groups is 2. The number of aromatic nitrogens is 3. The van der Waals surface area contributed by atoms with E-state index in [2.05, 4.69) is 10.3 Å². The van der Waals surface area contributed by atoms with Crippen LogP contribution in [0.3, 0.4) is 0 Å². The second-order valence-electron chi connectivity index (χ2n) is 8.39. The Morgan fingerprint density at radius 3 is 2.52 bits per heavy atom. The lowest BCUT2D eigenvalue weighted by molar-refractivity contribution is -0.123. The molecule has 1 aliphatic heterocycles. The number of hydrogen-bond donors (Lipinski definition) is 1. The summed E-state index contributed by atoms with van der Waals surface area (Å²) in [5.41, 5.74) is 2.55. The zero-order chi connectivity index (χ0) is 22.5. The number of anilines is 1. The van der Waals surface area contributed by atoms with Crippen molar-refractivity contribution in [2.45, 2.75) is 53.2 Å². The lowest BCUT2D eigenvalue weighted by Gasteiger charge is -2.27. The number of rotatable bonds is 5.